The van der Waals surface area contributed by atoms with Crippen LogP contribution in [0.25, 0.3) is 0 Å². The Balaban J connectivity index is 1.75. The Hall–Kier alpha value is -2.53. The van der Waals surface area contributed by atoms with Crippen molar-refractivity contribution in [2.45, 2.75) is 11.3 Å². The number of hydrogen-bond donors (Lipinski definition) is 1. The van der Waals surface area contributed by atoms with Crippen LogP contribution < -0.4 is 10.2 Å². The van der Waals surface area contributed by atoms with Crippen LogP contribution in [0.15, 0.2) is 91.7 Å². The van der Waals surface area contributed by atoms with Crippen molar-refractivity contribution in [3.8, 4) is 5.75 Å². The van der Waals surface area contributed by atoms with Gasteiger partial charge in [0.1, 0.15) is 5.75 Å². The smallest absolute Gasteiger partial charge is 0.255 e. The fourth-order valence-corrected chi connectivity index (χ4v) is 5.15. The Labute approximate surface area is 216 Å². The summed E-state index contributed by atoms with van der Waals surface area (Å²) in [6.07, 6.45) is 1.90. The number of halogens is 2. The summed E-state index contributed by atoms with van der Waals surface area (Å²) >= 11 is 6.70. The van der Waals surface area contributed by atoms with Crippen molar-refractivity contribution in [2.75, 3.05) is 20.2 Å². The third-order valence-corrected chi connectivity index (χ3v) is 7.73. The van der Waals surface area contributed by atoms with Gasteiger partial charge in [0.05, 0.1) is 24.8 Å². The van der Waals surface area contributed by atoms with Gasteiger partial charge in [0.25, 0.3) is 5.91 Å². The highest BCUT2D eigenvalue weighted by atomic mass is 79.9. The summed E-state index contributed by atoms with van der Waals surface area (Å²) in [6.45, 7) is -0.239. The van der Waals surface area contributed by atoms with E-state index in [1.165, 1.54) is 25.5 Å². The molecule has 0 heterocycles. The summed E-state index contributed by atoms with van der Waals surface area (Å²) in [5.41, 5.74) is 4.03. The Morgan fingerprint density at radius 1 is 1.03 bits per heavy atom. The number of ether oxygens (including phenoxy) is 1. The van der Waals surface area contributed by atoms with Crippen molar-refractivity contribution in [1.82, 2.24) is 9.73 Å². The van der Waals surface area contributed by atoms with E-state index in [9.17, 15) is 13.2 Å². The van der Waals surface area contributed by atoms with Crippen LogP contribution in [0.5, 0.6) is 5.75 Å². The van der Waals surface area contributed by atoms with Gasteiger partial charge in [-0.3, -0.25) is 4.79 Å². The predicted molar refractivity (Wildman–Crippen MR) is 139 cm³/mol. The second-order valence-corrected chi connectivity index (χ2v) is 11.0. The van der Waals surface area contributed by atoms with Crippen molar-refractivity contribution >= 4 is 54.0 Å². The Morgan fingerprint density at radius 2 is 1.71 bits per heavy atom. The van der Waals surface area contributed by atoms with E-state index in [4.69, 9.17) is 4.74 Å². The summed E-state index contributed by atoms with van der Waals surface area (Å²) in [4.78, 5) is 12.7. The van der Waals surface area contributed by atoms with E-state index in [1.54, 1.807) is 24.3 Å². The first-order valence-electron chi connectivity index (χ1n) is 10.2. The number of rotatable bonds is 10. The number of nitrogens with one attached hydrogen (secondary N) is 1. The molecule has 1 N–H and O–H groups in total. The van der Waals surface area contributed by atoms with Crippen LogP contribution in [0.4, 0.5) is 0 Å². The molecule has 3 rings (SSSR count). The van der Waals surface area contributed by atoms with Gasteiger partial charge in [0.15, 0.2) is 0 Å². The topological polar surface area (TPSA) is 88.1 Å². The molecular weight excluding hydrogens is 586 g/mol. The van der Waals surface area contributed by atoms with Gasteiger partial charge in [-0.15, -0.1) is 0 Å². The van der Waals surface area contributed by atoms with Crippen LogP contribution >= 0.6 is 31.9 Å². The van der Waals surface area contributed by atoms with Crippen LogP contribution in [0, 0.1) is 0 Å². The molecule has 0 bridgehead atoms. The van der Waals surface area contributed by atoms with Crippen molar-refractivity contribution in [3.05, 3.63) is 92.9 Å². The molecule has 0 spiro atoms. The molecule has 3 aromatic rings. The standard InChI is InChI=1S/C24H23Br2N3O4S/c1-33-23-12-9-21(26)15-19(23)16-27-28-24(30)17-29(14-13-18-5-3-2-4-6-18)34(31,32)22-10-7-20(25)8-11-22/h2-12,15-16H,13-14,17H2,1H3,(H,28,30)/b27-16-. The van der Waals surface area contributed by atoms with E-state index in [1.807, 2.05) is 36.4 Å². The third kappa shape index (κ3) is 7.23. The fraction of sp³-hybridized carbons (Fsp3) is 0.167. The molecule has 0 aliphatic rings. The first-order valence-corrected chi connectivity index (χ1v) is 13.3. The molecule has 34 heavy (non-hydrogen) atoms. The molecule has 0 atom stereocenters. The van der Waals surface area contributed by atoms with E-state index >= 15 is 0 Å². The van der Waals surface area contributed by atoms with Gasteiger partial charge < -0.3 is 4.74 Å². The average molecular weight is 609 g/mol. The number of benzene rings is 3. The lowest BCUT2D eigenvalue weighted by molar-refractivity contribution is -0.121. The molecule has 0 fully saturated rings. The summed E-state index contributed by atoms with van der Waals surface area (Å²) in [5, 5.41) is 3.98. The summed E-state index contributed by atoms with van der Waals surface area (Å²) < 4.78 is 34.6. The lowest BCUT2D eigenvalue weighted by atomic mass is 10.1. The summed E-state index contributed by atoms with van der Waals surface area (Å²) in [5.74, 6) is 0.0301. The molecule has 0 aliphatic heterocycles. The maximum absolute atomic E-state index is 13.3. The van der Waals surface area contributed by atoms with E-state index in [2.05, 4.69) is 42.4 Å². The van der Waals surface area contributed by atoms with Crippen LogP contribution in [-0.4, -0.2) is 45.0 Å². The molecule has 178 valence electrons. The Morgan fingerprint density at radius 3 is 2.38 bits per heavy atom. The highest BCUT2D eigenvalue weighted by Gasteiger charge is 2.26. The monoisotopic (exact) mass is 607 g/mol. The van der Waals surface area contributed by atoms with Crippen LogP contribution in [-0.2, 0) is 21.2 Å². The lowest BCUT2D eigenvalue weighted by Gasteiger charge is -2.21. The van der Waals surface area contributed by atoms with Crippen molar-refractivity contribution in [3.63, 3.8) is 0 Å². The number of carbonyl (C=O) groups is 1. The minimum Gasteiger partial charge on any atom is -0.496 e. The van der Waals surface area contributed by atoms with Gasteiger partial charge in [-0.25, -0.2) is 13.8 Å². The molecular formula is C24H23Br2N3O4S. The highest BCUT2D eigenvalue weighted by molar-refractivity contribution is 9.10. The Bertz CT molecular complexity index is 1250. The van der Waals surface area contributed by atoms with Gasteiger partial charge in [-0.1, -0.05) is 62.2 Å². The summed E-state index contributed by atoms with van der Waals surface area (Å²) in [6, 6.07) is 21.2. The number of carbonyl (C=O) groups excluding carboxylic acids is 1. The molecule has 7 nitrogen and oxygen atoms in total. The minimum absolute atomic E-state index is 0.110. The third-order valence-electron chi connectivity index (χ3n) is 4.85. The number of hydrogen-bond acceptors (Lipinski definition) is 5. The lowest BCUT2D eigenvalue weighted by Crippen LogP contribution is -2.40. The zero-order valence-corrected chi connectivity index (χ0v) is 22.3. The van der Waals surface area contributed by atoms with E-state index in [-0.39, 0.29) is 18.0 Å². The molecule has 1 amide bonds. The second-order valence-electron chi connectivity index (χ2n) is 7.21. The summed E-state index contributed by atoms with van der Waals surface area (Å²) in [7, 11) is -2.36. The first kappa shape index (κ1) is 26.1. The normalized spacial score (nSPS) is 11.6. The first-order chi connectivity index (χ1) is 16.3. The van der Waals surface area contributed by atoms with E-state index in [0.29, 0.717) is 17.7 Å². The van der Waals surface area contributed by atoms with E-state index < -0.39 is 15.9 Å². The van der Waals surface area contributed by atoms with Crippen molar-refractivity contribution < 1.29 is 17.9 Å². The predicted octanol–water partition coefficient (Wildman–Crippen LogP) is 4.60. The van der Waals surface area contributed by atoms with Crippen molar-refractivity contribution in [2.24, 2.45) is 5.10 Å². The Kier molecular flexibility index (Phi) is 9.40. The van der Waals surface area contributed by atoms with Gasteiger partial charge in [-0.05, 0) is 54.4 Å². The average Bonchev–Trinajstić information content (AvgIpc) is 2.82. The maximum Gasteiger partial charge on any atom is 0.255 e. The number of nitrogens with zero attached hydrogens (tertiary/aromatic N) is 2. The molecule has 0 unspecified atom stereocenters. The zero-order chi connectivity index (χ0) is 24.6. The number of methoxy groups -OCH3 is 1. The van der Waals surface area contributed by atoms with Gasteiger partial charge in [0.2, 0.25) is 10.0 Å². The van der Waals surface area contributed by atoms with Crippen molar-refractivity contribution in [1.29, 1.82) is 0 Å². The quantitative estimate of drug-likeness (QED) is 0.269. The zero-order valence-electron chi connectivity index (χ0n) is 18.3. The fourth-order valence-electron chi connectivity index (χ4n) is 3.11. The second kappa shape index (κ2) is 12.3. The van der Waals surface area contributed by atoms with Crippen LogP contribution in [0.2, 0.25) is 0 Å². The molecule has 0 aromatic heterocycles. The largest absolute Gasteiger partial charge is 0.496 e. The SMILES string of the molecule is COc1ccc(Br)cc1/C=N\NC(=O)CN(CCc1ccccc1)S(=O)(=O)c1ccc(Br)cc1. The number of sulfonamides is 1. The molecule has 0 aliphatic carbocycles. The van der Waals surface area contributed by atoms with Gasteiger partial charge in [0, 0.05) is 21.1 Å². The molecule has 0 saturated carbocycles. The van der Waals surface area contributed by atoms with Crippen LogP contribution in [0.1, 0.15) is 11.1 Å². The molecule has 10 heteroatoms. The molecule has 0 radical (unpaired) electrons. The van der Waals surface area contributed by atoms with Gasteiger partial charge in [-0.2, -0.15) is 9.41 Å². The highest BCUT2D eigenvalue weighted by Crippen LogP contribution is 2.21. The molecule has 0 saturated heterocycles. The van der Waals surface area contributed by atoms with E-state index in [0.717, 1.165) is 18.8 Å². The minimum atomic E-state index is -3.90. The maximum atomic E-state index is 13.3. The van der Waals surface area contributed by atoms with Gasteiger partial charge >= 0.3 is 0 Å². The molecule has 3 aromatic carbocycles. The van der Waals surface area contributed by atoms with Crippen LogP contribution in [0.3, 0.4) is 0 Å². The number of hydrazone groups is 1. The number of amides is 1.